The Hall–Kier alpha value is -2.89. The molecule has 22 heavy (non-hydrogen) atoms. The van der Waals surface area contributed by atoms with E-state index in [1.54, 1.807) is 15.6 Å². The summed E-state index contributed by atoms with van der Waals surface area (Å²) >= 11 is 0. The van der Waals surface area contributed by atoms with Gasteiger partial charge in [0.25, 0.3) is 0 Å². The second-order valence-corrected chi connectivity index (χ2v) is 5.15. The lowest BCUT2D eigenvalue weighted by atomic mass is 10.2. The largest absolute Gasteiger partial charge is 0.340 e. The molecule has 0 spiro atoms. The molecule has 0 aliphatic carbocycles. The highest BCUT2D eigenvalue weighted by molar-refractivity contribution is 5.76. The first-order valence-electron chi connectivity index (χ1n) is 7.04. The van der Waals surface area contributed by atoms with Gasteiger partial charge in [-0.25, -0.2) is 9.89 Å². The molecule has 0 radical (unpaired) electrons. The van der Waals surface area contributed by atoms with Crippen molar-refractivity contribution in [2.75, 3.05) is 6.54 Å². The predicted molar refractivity (Wildman–Crippen MR) is 74.5 cm³/mol. The number of hydrogen-bond donors (Lipinski definition) is 2. The highest BCUT2D eigenvalue weighted by Crippen LogP contribution is 2.14. The SMILES string of the molecule is N#Cc1cc2n(n1)CCCN(C(=O)CCc1n[nH]c(=O)[nH]1)C2. The van der Waals surface area contributed by atoms with Gasteiger partial charge in [0.05, 0.1) is 12.2 Å². The van der Waals surface area contributed by atoms with Crippen LogP contribution in [0.3, 0.4) is 0 Å². The number of amides is 1. The number of carbonyl (C=O) groups excluding carboxylic acids is 1. The van der Waals surface area contributed by atoms with Gasteiger partial charge in [-0.15, -0.1) is 0 Å². The van der Waals surface area contributed by atoms with E-state index in [0.29, 0.717) is 37.6 Å². The Morgan fingerprint density at radius 2 is 2.32 bits per heavy atom. The van der Waals surface area contributed by atoms with E-state index in [9.17, 15) is 9.59 Å². The summed E-state index contributed by atoms with van der Waals surface area (Å²) in [5.41, 5.74) is 0.874. The Bertz CT molecular complexity index is 779. The van der Waals surface area contributed by atoms with E-state index in [-0.39, 0.29) is 18.0 Å². The molecule has 9 nitrogen and oxygen atoms in total. The molecule has 2 aromatic heterocycles. The lowest BCUT2D eigenvalue weighted by Crippen LogP contribution is -2.31. The first-order chi connectivity index (χ1) is 10.7. The number of nitrogens with zero attached hydrogens (tertiary/aromatic N) is 5. The Kier molecular flexibility index (Phi) is 3.74. The highest BCUT2D eigenvalue weighted by atomic mass is 16.2. The van der Waals surface area contributed by atoms with Crippen LogP contribution in [0.2, 0.25) is 0 Å². The molecule has 1 aliphatic heterocycles. The minimum atomic E-state index is -0.370. The van der Waals surface area contributed by atoms with Crippen LogP contribution in [0.25, 0.3) is 0 Å². The number of rotatable bonds is 3. The molecule has 1 aliphatic rings. The summed E-state index contributed by atoms with van der Waals surface area (Å²) in [7, 11) is 0. The van der Waals surface area contributed by atoms with Crippen LogP contribution in [0, 0.1) is 11.3 Å². The lowest BCUT2D eigenvalue weighted by molar-refractivity contribution is -0.131. The lowest BCUT2D eigenvalue weighted by Gasteiger charge is -2.19. The second-order valence-electron chi connectivity index (χ2n) is 5.15. The molecule has 2 aromatic rings. The first-order valence-corrected chi connectivity index (χ1v) is 7.04. The smallest absolute Gasteiger partial charge is 0.337 e. The maximum Gasteiger partial charge on any atom is 0.340 e. The molecule has 0 fully saturated rings. The number of aromatic amines is 2. The van der Waals surface area contributed by atoms with Gasteiger partial charge in [0, 0.05) is 25.9 Å². The van der Waals surface area contributed by atoms with Crippen molar-refractivity contribution in [2.45, 2.75) is 32.4 Å². The zero-order valence-electron chi connectivity index (χ0n) is 11.9. The van der Waals surface area contributed by atoms with Crippen LogP contribution in [-0.2, 0) is 24.3 Å². The summed E-state index contributed by atoms with van der Waals surface area (Å²) in [5, 5.41) is 19.1. The van der Waals surface area contributed by atoms with Gasteiger partial charge in [0.1, 0.15) is 11.9 Å². The fourth-order valence-electron chi connectivity index (χ4n) is 2.54. The van der Waals surface area contributed by atoms with Crippen molar-refractivity contribution < 1.29 is 4.79 Å². The number of hydrogen-bond acceptors (Lipinski definition) is 5. The van der Waals surface area contributed by atoms with Crippen molar-refractivity contribution >= 4 is 5.91 Å². The number of nitriles is 1. The van der Waals surface area contributed by atoms with Crippen LogP contribution in [-0.4, -0.2) is 42.3 Å². The van der Waals surface area contributed by atoms with E-state index in [1.807, 2.05) is 6.07 Å². The van der Waals surface area contributed by atoms with Gasteiger partial charge in [0.15, 0.2) is 5.69 Å². The number of carbonyl (C=O) groups is 1. The van der Waals surface area contributed by atoms with Gasteiger partial charge < -0.3 is 4.90 Å². The van der Waals surface area contributed by atoms with Crippen molar-refractivity contribution in [2.24, 2.45) is 0 Å². The Morgan fingerprint density at radius 1 is 1.45 bits per heavy atom. The second kappa shape index (κ2) is 5.85. The first kappa shape index (κ1) is 14.1. The summed E-state index contributed by atoms with van der Waals surface area (Å²) < 4.78 is 1.79. The third kappa shape index (κ3) is 2.90. The summed E-state index contributed by atoms with van der Waals surface area (Å²) in [4.78, 5) is 27.6. The zero-order valence-corrected chi connectivity index (χ0v) is 11.9. The molecular formula is C13H15N7O2. The summed E-state index contributed by atoms with van der Waals surface area (Å²) in [6.07, 6.45) is 1.46. The average molecular weight is 301 g/mol. The number of nitrogens with one attached hydrogen (secondary N) is 2. The maximum atomic E-state index is 12.3. The average Bonchev–Trinajstić information content (AvgIpc) is 3.05. The van der Waals surface area contributed by atoms with E-state index in [2.05, 4.69) is 20.3 Å². The fourth-order valence-corrected chi connectivity index (χ4v) is 2.54. The molecule has 3 rings (SSSR count). The van der Waals surface area contributed by atoms with Crippen molar-refractivity contribution in [1.29, 1.82) is 5.26 Å². The Morgan fingerprint density at radius 3 is 3.05 bits per heavy atom. The van der Waals surface area contributed by atoms with Crippen molar-refractivity contribution in [3.05, 3.63) is 33.8 Å². The van der Waals surface area contributed by atoms with Crippen LogP contribution in [0.1, 0.15) is 30.1 Å². The molecule has 114 valence electrons. The normalized spacial score (nSPS) is 14.2. The molecule has 0 aromatic carbocycles. The highest BCUT2D eigenvalue weighted by Gasteiger charge is 2.20. The van der Waals surface area contributed by atoms with Crippen molar-refractivity contribution in [1.82, 2.24) is 29.9 Å². The van der Waals surface area contributed by atoms with Crippen LogP contribution >= 0.6 is 0 Å². The van der Waals surface area contributed by atoms with E-state index in [0.717, 1.165) is 12.1 Å². The predicted octanol–water partition coefficient (Wildman–Crippen LogP) is -0.469. The fraction of sp³-hybridized carbons (Fsp3) is 0.462. The summed E-state index contributed by atoms with van der Waals surface area (Å²) in [6.45, 7) is 1.80. The number of aromatic nitrogens is 5. The van der Waals surface area contributed by atoms with Crippen LogP contribution in [0.15, 0.2) is 10.9 Å². The molecule has 0 saturated heterocycles. The summed E-state index contributed by atoms with van der Waals surface area (Å²) in [6, 6.07) is 3.74. The Balaban J connectivity index is 1.65. The molecule has 0 bridgehead atoms. The van der Waals surface area contributed by atoms with Gasteiger partial charge in [-0.05, 0) is 12.5 Å². The number of aryl methyl sites for hydroxylation is 2. The van der Waals surface area contributed by atoms with Gasteiger partial charge in [-0.2, -0.15) is 15.5 Å². The van der Waals surface area contributed by atoms with E-state index >= 15 is 0 Å². The van der Waals surface area contributed by atoms with Gasteiger partial charge in [-0.3, -0.25) is 14.5 Å². The summed E-state index contributed by atoms with van der Waals surface area (Å²) in [5.74, 6) is 0.474. The van der Waals surface area contributed by atoms with Crippen molar-refractivity contribution in [3.8, 4) is 6.07 Å². The molecular weight excluding hydrogens is 286 g/mol. The van der Waals surface area contributed by atoms with Gasteiger partial charge in [0.2, 0.25) is 5.91 Å². The molecule has 2 N–H and O–H groups in total. The molecule has 9 heteroatoms. The molecule has 0 atom stereocenters. The zero-order chi connectivity index (χ0) is 15.5. The molecule has 1 amide bonds. The molecule has 3 heterocycles. The van der Waals surface area contributed by atoms with Gasteiger partial charge in [-0.1, -0.05) is 0 Å². The topological polar surface area (TPSA) is 123 Å². The minimum absolute atomic E-state index is 0.00277. The third-order valence-electron chi connectivity index (χ3n) is 3.61. The van der Waals surface area contributed by atoms with Crippen molar-refractivity contribution in [3.63, 3.8) is 0 Å². The maximum absolute atomic E-state index is 12.3. The van der Waals surface area contributed by atoms with E-state index in [1.165, 1.54) is 0 Å². The number of H-pyrrole nitrogens is 2. The Labute approximate surface area is 125 Å². The number of fused-ring (bicyclic) bond motifs is 1. The van der Waals surface area contributed by atoms with E-state index in [4.69, 9.17) is 5.26 Å². The molecule has 0 saturated carbocycles. The van der Waals surface area contributed by atoms with E-state index < -0.39 is 0 Å². The van der Waals surface area contributed by atoms with Crippen LogP contribution < -0.4 is 5.69 Å². The molecule has 0 unspecified atom stereocenters. The minimum Gasteiger partial charge on any atom is -0.337 e. The van der Waals surface area contributed by atoms with Crippen LogP contribution in [0.5, 0.6) is 0 Å². The standard InChI is InChI=1S/C13H15N7O2/c14-7-9-6-10-8-19(4-1-5-20(10)18-9)12(21)3-2-11-15-13(22)17-16-11/h6H,1-5,8H2,(H2,15,16,17,22). The quantitative estimate of drug-likeness (QED) is 0.793. The van der Waals surface area contributed by atoms with Gasteiger partial charge >= 0.3 is 5.69 Å². The van der Waals surface area contributed by atoms with Crippen LogP contribution in [0.4, 0.5) is 0 Å². The monoisotopic (exact) mass is 301 g/mol. The third-order valence-corrected chi connectivity index (χ3v) is 3.61.